The molecule has 1 aliphatic carbocycles. The Hall–Kier alpha value is -2.41. The molecule has 0 radical (unpaired) electrons. The van der Waals surface area contributed by atoms with Crippen molar-refractivity contribution >= 4 is 25.9 Å². The lowest BCUT2D eigenvalue weighted by Gasteiger charge is -2.48. The van der Waals surface area contributed by atoms with Crippen LogP contribution in [0.4, 0.5) is 4.79 Å². The maximum absolute atomic E-state index is 14.2. The summed E-state index contributed by atoms with van der Waals surface area (Å²) in [5, 5.41) is 0.833. The van der Waals surface area contributed by atoms with Gasteiger partial charge in [0.1, 0.15) is 20.3 Å². The molecule has 1 aromatic carbocycles. The van der Waals surface area contributed by atoms with Crippen LogP contribution in [-0.4, -0.2) is 49.1 Å². The Morgan fingerprint density at radius 3 is 2.12 bits per heavy atom. The van der Waals surface area contributed by atoms with Crippen molar-refractivity contribution < 1.29 is 23.9 Å². The smallest absolute Gasteiger partial charge is 0.414 e. The van der Waals surface area contributed by atoms with E-state index in [1.165, 1.54) is 5.56 Å². The van der Waals surface area contributed by atoms with E-state index >= 15 is 0 Å². The van der Waals surface area contributed by atoms with E-state index in [4.69, 9.17) is 9.47 Å². The second kappa shape index (κ2) is 12.4. The summed E-state index contributed by atoms with van der Waals surface area (Å²) in [6.45, 7) is 17.9. The van der Waals surface area contributed by atoms with Gasteiger partial charge < -0.3 is 9.47 Å². The fourth-order valence-corrected chi connectivity index (χ4v) is 15.5. The quantitative estimate of drug-likeness (QED) is 0.229. The molecular formula is C34H51NO5Si. The minimum atomic E-state index is -2.35. The summed E-state index contributed by atoms with van der Waals surface area (Å²) in [7, 11) is -2.35. The molecular weight excluding hydrogens is 530 g/mol. The zero-order valence-electron chi connectivity index (χ0n) is 26.4. The van der Waals surface area contributed by atoms with Gasteiger partial charge in [0.2, 0.25) is 0 Å². The summed E-state index contributed by atoms with van der Waals surface area (Å²) in [5.41, 5.74) is 2.06. The molecule has 0 bridgehead atoms. The zero-order valence-corrected chi connectivity index (χ0v) is 27.4. The minimum absolute atomic E-state index is 0.102. The number of amides is 1. The first-order valence-corrected chi connectivity index (χ1v) is 18.0. The average Bonchev–Trinajstić information content (AvgIpc) is 3.35. The molecule has 0 unspecified atom stereocenters. The summed E-state index contributed by atoms with van der Waals surface area (Å²) in [5.74, 6) is 0.0129. The molecule has 1 saturated carbocycles. The molecule has 41 heavy (non-hydrogen) atoms. The maximum Gasteiger partial charge on any atom is 0.414 e. The normalized spacial score (nSPS) is 26.0. The lowest BCUT2D eigenvalue weighted by atomic mass is 9.66. The molecule has 0 N–H and O–H groups in total. The Morgan fingerprint density at radius 2 is 1.56 bits per heavy atom. The van der Waals surface area contributed by atoms with E-state index < -0.39 is 26.3 Å². The van der Waals surface area contributed by atoms with E-state index in [9.17, 15) is 14.4 Å². The third kappa shape index (κ3) is 5.93. The molecule has 226 valence electrons. The highest BCUT2D eigenvalue weighted by molar-refractivity contribution is 6.93. The van der Waals surface area contributed by atoms with Crippen molar-refractivity contribution in [1.82, 2.24) is 4.90 Å². The molecule has 3 aliphatic rings. The maximum atomic E-state index is 14.2. The van der Waals surface area contributed by atoms with Gasteiger partial charge in [0.25, 0.3) is 0 Å². The van der Waals surface area contributed by atoms with Crippen molar-refractivity contribution in [3.63, 3.8) is 0 Å². The lowest BCUT2D eigenvalue weighted by Crippen LogP contribution is -2.56. The van der Waals surface area contributed by atoms with Gasteiger partial charge in [0.05, 0.1) is 6.04 Å². The average molecular weight is 582 g/mol. The first-order chi connectivity index (χ1) is 19.3. The van der Waals surface area contributed by atoms with E-state index in [-0.39, 0.29) is 35.6 Å². The fraction of sp³-hybridized carbons (Fsp3) is 0.676. The topological polar surface area (TPSA) is 72.9 Å². The zero-order chi connectivity index (χ0) is 30.1. The number of rotatable bonds is 8. The molecule has 1 amide bonds. The van der Waals surface area contributed by atoms with Gasteiger partial charge in [-0.2, -0.15) is 0 Å². The molecule has 0 spiro atoms. The van der Waals surface area contributed by atoms with Crippen molar-refractivity contribution in [1.29, 1.82) is 0 Å². The first kappa shape index (κ1) is 31.5. The van der Waals surface area contributed by atoms with Crippen LogP contribution in [0.5, 0.6) is 0 Å². The predicted molar refractivity (Wildman–Crippen MR) is 165 cm³/mol. The Kier molecular flexibility index (Phi) is 9.57. The van der Waals surface area contributed by atoms with Crippen LogP contribution in [0.2, 0.25) is 16.6 Å². The Labute approximate surface area is 248 Å². The fourth-order valence-electron chi connectivity index (χ4n) is 8.64. The number of carbonyl (C=O) groups excluding carboxylic acids is 3. The third-order valence-electron chi connectivity index (χ3n) is 10.6. The molecule has 1 saturated heterocycles. The number of hydrogen-bond donors (Lipinski definition) is 0. The van der Waals surface area contributed by atoms with Gasteiger partial charge >= 0.3 is 12.1 Å². The van der Waals surface area contributed by atoms with E-state index in [2.05, 4.69) is 79.7 Å². The number of Topliss-reactive ketones (excluding diaryl/α,β-unsaturated/α-hetero) is 1. The van der Waals surface area contributed by atoms with Crippen LogP contribution < -0.4 is 0 Å². The van der Waals surface area contributed by atoms with Crippen LogP contribution in [0.3, 0.4) is 0 Å². The van der Waals surface area contributed by atoms with Gasteiger partial charge in [-0.15, -0.1) is 0 Å². The van der Waals surface area contributed by atoms with Crippen LogP contribution in [0, 0.1) is 5.92 Å². The first-order valence-electron chi connectivity index (χ1n) is 15.8. The summed E-state index contributed by atoms with van der Waals surface area (Å²) in [6, 6.07) is 9.96. The number of ether oxygens (including phenoxy) is 2. The van der Waals surface area contributed by atoms with E-state index in [0.717, 1.165) is 30.9 Å². The van der Waals surface area contributed by atoms with Gasteiger partial charge in [-0.05, 0) is 58.5 Å². The number of carbonyl (C=O) groups is 3. The summed E-state index contributed by atoms with van der Waals surface area (Å²) in [6.07, 6.45) is 5.66. The van der Waals surface area contributed by atoms with Crippen LogP contribution in [-0.2, 0) is 24.5 Å². The van der Waals surface area contributed by atoms with Crippen LogP contribution in [0.1, 0.15) is 106 Å². The monoisotopic (exact) mass is 581 g/mol. The van der Waals surface area contributed by atoms with Gasteiger partial charge in [0, 0.05) is 25.0 Å². The number of benzene rings is 1. The molecule has 4 rings (SSSR count). The van der Waals surface area contributed by atoms with Crippen molar-refractivity contribution in [3.05, 3.63) is 47.3 Å². The highest BCUT2D eigenvalue weighted by Gasteiger charge is 2.52. The van der Waals surface area contributed by atoms with Gasteiger partial charge in [-0.25, -0.2) is 4.79 Å². The molecule has 4 atom stereocenters. The van der Waals surface area contributed by atoms with Crippen molar-refractivity contribution in [2.24, 2.45) is 5.92 Å². The van der Waals surface area contributed by atoms with Crippen LogP contribution >= 0.6 is 0 Å². The van der Waals surface area contributed by atoms with Crippen molar-refractivity contribution in [3.8, 4) is 0 Å². The highest BCUT2D eigenvalue weighted by atomic mass is 28.3. The number of esters is 1. The van der Waals surface area contributed by atoms with Crippen LogP contribution in [0.25, 0.3) is 0 Å². The molecule has 2 aliphatic heterocycles. The van der Waals surface area contributed by atoms with E-state index in [1.807, 2.05) is 12.3 Å². The minimum Gasteiger partial charge on any atom is -0.460 e. The molecule has 2 heterocycles. The van der Waals surface area contributed by atoms with E-state index in [0.29, 0.717) is 29.5 Å². The third-order valence-corrected chi connectivity index (χ3v) is 17.7. The largest absolute Gasteiger partial charge is 0.460 e. The van der Waals surface area contributed by atoms with Crippen LogP contribution in [0.15, 0.2) is 41.7 Å². The van der Waals surface area contributed by atoms with Gasteiger partial charge in [0.15, 0.2) is 5.78 Å². The summed E-state index contributed by atoms with van der Waals surface area (Å²) in [4.78, 5) is 41.9. The summed E-state index contributed by atoms with van der Waals surface area (Å²) >= 11 is 0. The second-order valence-corrected chi connectivity index (χ2v) is 19.9. The number of nitrogens with zero attached hydrogens (tertiary/aromatic N) is 1. The van der Waals surface area contributed by atoms with Crippen molar-refractivity contribution in [2.75, 3.05) is 0 Å². The highest BCUT2D eigenvalue weighted by Crippen LogP contribution is 2.49. The Balaban J connectivity index is 1.72. The molecule has 2 fully saturated rings. The number of ketones is 1. The number of hydrogen-bond acceptors (Lipinski definition) is 5. The van der Waals surface area contributed by atoms with E-state index in [1.54, 1.807) is 4.90 Å². The predicted octanol–water partition coefficient (Wildman–Crippen LogP) is 8.11. The van der Waals surface area contributed by atoms with Gasteiger partial charge in [-0.3, -0.25) is 14.5 Å². The molecule has 0 aromatic heterocycles. The number of cyclic esters (lactones) is 1. The SMILES string of the molecule is CC(C)[Si](C1=CN(C(=O)O[C@@H]2CCCC[C@H]2C(C)(C)c2ccccc2)[C@H]([C@@H]2CCC(=O)O2)CC1=O)(C(C)C)C(C)C. The Morgan fingerprint density at radius 1 is 0.951 bits per heavy atom. The molecule has 7 heteroatoms. The van der Waals surface area contributed by atoms with Gasteiger partial charge in [-0.1, -0.05) is 92.1 Å². The van der Waals surface area contributed by atoms with Crippen molar-refractivity contribution in [2.45, 2.75) is 141 Å². The summed E-state index contributed by atoms with van der Waals surface area (Å²) < 4.78 is 12.1. The lowest BCUT2D eigenvalue weighted by molar-refractivity contribution is -0.144. The Bertz CT molecular complexity index is 1120. The number of allylic oxidation sites excluding steroid dienone is 1. The standard InChI is InChI=1S/C34H51NO5Si/c1-22(2)41(23(3)4,24(5)6)31-21-35(27(20-28(31)36)30-18-19-32(37)39-30)33(38)40-29-17-13-12-16-26(29)34(7,8)25-14-10-9-11-15-25/h9-11,14-15,21-24,26-27,29-30H,12-13,16-20H2,1-8H3/t26-,27+,29-,30+/m1/s1. The molecule has 1 aromatic rings. The second-order valence-electron chi connectivity index (χ2n) is 14.0. The molecule has 6 nitrogen and oxygen atoms in total.